The maximum atomic E-state index is 14.1. The van der Waals surface area contributed by atoms with Crippen molar-refractivity contribution in [3.8, 4) is 5.75 Å². The first kappa shape index (κ1) is 27.6. The molecule has 3 amide bonds. The number of carbonyl (C=O) groups is 3. The number of nitrogens with zero attached hydrogens (tertiary/aromatic N) is 1. The van der Waals surface area contributed by atoms with Gasteiger partial charge < -0.3 is 25.3 Å². The van der Waals surface area contributed by atoms with Crippen LogP contribution >= 0.6 is 0 Å². The molecule has 8 heteroatoms. The van der Waals surface area contributed by atoms with Gasteiger partial charge in [0.1, 0.15) is 17.8 Å². The number of amides is 3. The van der Waals surface area contributed by atoms with E-state index in [4.69, 9.17) is 4.74 Å². The average Bonchev–Trinajstić information content (AvgIpc) is 3.54. The predicted molar refractivity (Wildman–Crippen MR) is 161 cm³/mol. The summed E-state index contributed by atoms with van der Waals surface area (Å²) >= 11 is 0. The van der Waals surface area contributed by atoms with Crippen molar-refractivity contribution in [2.75, 3.05) is 13.7 Å². The number of rotatable bonds is 9. The quantitative estimate of drug-likeness (QED) is 0.278. The highest BCUT2D eigenvalue weighted by molar-refractivity contribution is 6.04. The molecule has 1 aromatic heterocycles. The summed E-state index contributed by atoms with van der Waals surface area (Å²) in [4.78, 5) is 46.5. The Hall–Kier alpha value is -4.59. The lowest BCUT2D eigenvalue weighted by Crippen LogP contribution is -2.58. The highest BCUT2D eigenvalue weighted by Gasteiger charge is 2.49. The van der Waals surface area contributed by atoms with E-state index in [0.29, 0.717) is 31.4 Å². The Balaban J connectivity index is 1.24. The van der Waals surface area contributed by atoms with Crippen LogP contribution in [0, 0.1) is 5.92 Å². The molecule has 3 N–H and O–H groups in total. The van der Waals surface area contributed by atoms with Crippen LogP contribution in [-0.4, -0.2) is 53.3 Å². The topological polar surface area (TPSA) is 104 Å². The molecule has 0 saturated heterocycles. The summed E-state index contributed by atoms with van der Waals surface area (Å²) in [5, 5.41) is 7.13. The molecule has 2 aliphatic heterocycles. The van der Waals surface area contributed by atoms with Crippen LogP contribution in [0.15, 0.2) is 72.8 Å². The number of aromatic nitrogens is 1. The maximum Gasteiger partial charge on any atom is 0.255 e. The summed E-state index contributed by atoms with van der Waals surface area (Å²) in [6, 6.07) is 21.5. The summed E-state index contributed by atoms with van der Waals surface area (Å²) < 4.78 is 5.22. The van der Waals surface area contributed by atoms with Crippen LogP contribution in [0.3, 0.4) is 0 Å². The average molecular weight is 565 g/mol. The van der Waals surface area contributed by atoms with Gasteiger partial charge in [-0.2, -0.15) is 0 Å². The molecule has 216 valence electrons. The fraction of sp³-hybridized carbons (Fsp3) is 0.324. The third-order valence-electron chi connectivity index (χ3n) is 8.82. The zero-order valence-electron chi connectivity index (χ0n) is 24.1. The van der Waals surface area contributed by atoms with Crippen molar-refractivity contribution in [3.05, 3.63) is 101 Å². The monoisotopic (exact) mass is 564 g/mol. The normalized spacial score (nSPS) is 18.5. The summed E-state index contributed by atoms with van der Waals surface area (Å²) in [6.45, 7) is 4.41. The van der Waals surface area contributed by atoms with Crippen molar-refractivity contribution in [2.45, 2.75) is 51.2 Å². The van der Waals surface area contributed by atoms with Crippen molar-refractivity contribution >= 4 is 28.6 Å². The van der Waals surface area contributed by atoms with Gasteiger partial charge in [0, 0.05) is 35.1 Å². The number of aromatic amines is 1. The van der Waals surface area contributed by atoms with Gasteiger partial charge in [-0.1, -0.05) is 68.8 Å². The summed E-state index contributed by atoms with van der Waals surface area (Å²) in [6.07, 6.45) is 1.74. The summed E-state index contributed by atoms with van der Waals surface area (Å²) in [7, 11) is 1.63. The molecule has 0 saturated carbocycles. The summed E-state index contributed by atoms with van der Waals surface area (Å²) in [5.41, 5.74) is 5.56. The van der Waals surface area contributed by atoms with Gasteiger partial charge in [-0.3, -0.25) is 14.4 Å². The third-order valence-corrected chi connectivity index (χ3v) is 8.82. The Kier molecular flexibility index (Phi) is 7.45. The molecule has 4 atom stereocenters. The third kappa shape index (κ3) is 4.81. The molecule has 0 radical (unpaired) electrons. The Bertz CT molecular complexity index is 1640. The number of nitrogens with one attached hydrogen (secondary N) is 3. The van der Waals surface area contributed by atoms with E-state index in [1.165, 1.54) is 0 Å². The number of benzene rings is 3. The number of hydrogen-bond donors (Lipinski definition) is 3. The molecular weight excluding hydrogens is 528 g/mol. The first-order chi connectivity index (χ1) is 20.4. The number of ether oxygens (including phenoxy) is 1. The van der Waals surface area contributed by atoms with Crippen molar-refractivity contribution in [1.29, 1.82) is 0 Å². The molecule has 0 unspecified atom stereocenters. The Morgan fingerprint density at radius 3 is 2.55 bits per heavy atom. The number of hydrogen-bond acceptors (Lipinski definition) is 4. The van der Waals surface area contributed by atoms with Gasteiger partial charge in [0.2, 0.25) is 11.8 Å². The van der Waals surface area contributed by atoms with Gasteiger partial charge in [0.15, 0.2) is 0 Å². The highest BCUT2D eigenvalue weighted by atomic mass is 16.5. The minimum atomic E-state index is -0.750. The molecule has 3 aromatic carbocycles. The van der Waals surface area contributed by atoms with Crippen LogP contribution in [0.5, 0.6) is 5.75 Å². The standard InChI is InChI=1S/C34H36N4O4/c1-4-20(2)29(33(40)35-18-17-21-13-15-22(42-3)16-14-21)37-32(39)28-19-26-23-9-7-8-12-27(23)36-30(26)31-24-10-5-6-11-25(24)34(41)38(28)31/h5-16,20,28-29,31,36H,4,17-19H2,1-3H3,(H,35,40)(H,37,39)/t20-,28+,29+,31+/m1/s1. The molecule has 8 nitrogen and oxygen atoms in total. The maximum absolute atomic E-state index is 14.1. The first-order valence-electron chi connectivity index (χ1n) is 14.6. The fourth-order valence-electron chi connectivity index (χ4n) is 6.32. The Labute approximate surface area is 245 Å². The van der Waals surface area contributed by atoms with Crippen LogP contribution in [0.2, 0.25) is 0 Å². The number of methoxy groups -OCH3 is 1. The molecule has 0 fully saturated rings. The van der Waals surface area contributed by atoms with Gasteiger partial charge in [0.25, 0.3) is 5.91 Å². The Morgan fingerprint density at radius 2 is 1.79 bits per heavy atom. The predicted octanol–water partition coefficient (Wildman–Crippen LogP) is 4.54. The molecule has 0 spiro atoms. The molecule has 3 heterocycles. The van der Waals surface area contributed by atoms with E-state index in [9.17, 15) is 14.4 Å². The molecule has 0 aliphatic carbocycles. The van der Waals surface area contributed by atoms with Crippen LogP contribution in [0.4, 0.5) is 0 Å². The summed E-state index contributed by atoms with van der Waals surface area (Å²) in [5.74, 6) is -0.00441. The van der Waals surface area contributed by atoms with E-state index in [1.54, 1.807) is 12.0 Å². The Morgan fingerprint density at radius 1 is 1.05 bits per heavy atom. The zero-order chi connectivity index (χ0) is 29.4. The van der Waals surface area contributed by atoms with Crippen LogP contribution in [0.1, 0.15) is 59.1 Å². The SMILES string of the molecule is CC[C@@H](C)[C@H](NC(=O)[C@@H]1Cc2c([nH]c3ccccc23)[C@@H]2c3ccccc3C(=O)N21)C(=O)NCCc1ccc(OC)cc1. The van der Waals surface area contributed by atoms with E-state index >= 15 is 0 Å². The van der Waals surface area contributed by atoms with Crippen molar-refractivity contribution in [1.82, 2.24) is 20.5 Å². The van der Waals surface area contributed by atoms with Gasteiger partial charge in [-0.05, 0) is 53.3 Å². The van der Waals surface area contributed by atoms with E-state index in [0.717, 1.165) is 39.0 Å². The molecule has 6 rings (SSSR count). The lowest BCUT2D eigenvalue weighted by atomic mass is 9.89. The second kappa shape index (κ2) is 11.4. The number of H-pyrrole nitrogens is 1. The number of carbonyl (C=O) groups excluding carboxylic acids is 3. The van der Waals surface area contributed by atoms with Gasteiger partial charge >= 0.3 is 0 Å². The second-order valence-electron chi connectivity index (χ2n) is 11.2. The van der Waals surface area contributed by atoms with Gasteiger partial charge in [-0.25, -0.2) is 0 Å². The minimum absolute atomic E-state index is 0.0931. The zero-order valence-corrected chi connectivity index (χ0v) is 24.1. The molecule has 0 bridgehead atoms. The molecule has 42 heavy (non-hydrogen) atoms. The lowest BCUT2D eigenvalue weighted by Gasteiger charge is -2.38. The van der Waals surface area contributed by atoms with E-state index < -0.39 is 12.1 Å². The molecular formula is C34H36N4O4. The first-order valence-corrected chi connectivity index (χ1v) is 14.6. The lowest BCUT2D eigenvalue weighted by molar-refractivity contribution is -0.133. The number of fused-ring (bicyclic) bond motifs is 7. The largest absolute Gasteiger partial charge is 0.497 e. The van der Waals surface area contributed by atoms with E-state index in [1.807, 2.05) is 80.6 Å². The van der Waals surface area contributed by atoms with E-state index in [-0.39, 0.29) is 29.7 Å². The minimum Gasteiger partial charge on any atom is -0.497 e. The fourth-order valence-corrected chi connectivity index (χ4v) is 6.32. The highest BCUT2D eigenvalue weighted by Crippen LogP contribution is 2.46. The van der Waals surface area contributed by atoms with Crippen molar-refractivity contribution in [3.63, 3.8) is 0 Å². The van der Waals surface area contributed by atoms with Crippen LogP contribution in [-0.2, 0) is 22.4 Å². The van der Waals surface area contributed by atoms with Gasteiger partial charge in [0.05, 0.1) is 13.2 Å². The second-order valence-corrected chi connectivity index (χ2v) is 11.2. The smallest absolute Gasteiger partial charge is 0.255 e. The molecule has 4 aromatic rings. The van der Waals surface area contributed by atoms with Crippen molar-refractivity contribution < 1.29 is 19.1 Å². The van der Waals surface area contributed by atoms with Crippen LogP contribution < -0.4 is 15.4 Å². The van der Waals surface area contributed by atoms with Crippen molar-refractivity contribution in [2.24, 2.45) is 5.92 Å². The number of para-hydroxylation sites is 1. The molecule has 2 aliphatic rings. The van der Waals surface area contributed by atoms with Crippen LogP contribution in [0.25, 0.3) is 10.9 Å². The van der Waals surface area contributed by atoms with E-state index in [2.05, 4.69) is 21.7 Å². The van der Waals surface area contributed by atoms with Gasteiger partial charge in [-0.15, -0.1) is 0 Å².